The molecule has 4 aliphatic carbocycles. The Bertz CT molecular complexity index is 734. The Balaban J connectivity index is 1.32. The number of hydrogen-bond donors (Lipinski definition) is 1. The molecule has 1 unspecified atom stereocenters. The number of methoxy groups -OCH3 is 2. The molecule has 4 saturated carbocycles. The van der Waals surface area contributed by atoms with Crippen LogP contribution in [-0.4, -0.2) is 51.4 Å². The number of aromatic hydroxyl groups is 1. The van der Waals surface area contributed by atoms with Gasteiger partial charge in [-0.05, 0) is 74.0 Å². The number of phenolic OH excluding ortho intramolecular Hbond substituents is 1. The topological polar surface area (TPSA) is 75.6 Å². The number of ether oxygens (including phenoxy) is 4. The van der Waals surface area contributed by atoms with Crippen LogP contribution in [0.3, 0.4) is 0 Å². The lowest BCUT2D eigenvalue weighted by Crippen LogP contribution is -2.76. The molecule has 1 atom stereocenters. The monoisotopic (exact) mass is 420 g/mol. The highest BCUT2D eigenvalue weighted by atomic mass is 17.3. The minimum absolute atomic E-state index is 0.0651. The largest absolute Gasteiger partial charge is 0.504 e. The summed E-state index contributed by atoms with van der Waals surface area (Å²) in [5, 5.41) is 10.6. The molecule has 1 aromatic rings. The molecule has 0 amide bonds. The Labute approximate surface area is 177 Å². The minimum atomic E-state index is -0.977. The molecular formula is C23H32O7. The maximum Gasteiger partial charge on any atom is 0.260 e. The Morgan fingerprint density at radius 2 is 1.63 bits per heavy atom. The van der Waals surface area contributed by atoms with Crippen LogP contribution in [0.1, 0.15) is 37.7 Å². The fourth-order valence-corrected chi connectivity index (χ4v) is 6.66. The molecule has 30 heavy (non-hydrogen) atoms. The Morgan fingerprint density at radius 3 is 2.20 bits per heavy atom. The molecule has 1 N–H and O–H groups in total. The van der Waals surface area contributed by atoms with Gasteiger partial charge >= 0.3 is 0 Å². The molecule has 1 aromatic carbocycles. The van der Waals surface area contributed by atoms with Crippen LogP contribution in [0.5, 0.6) is 11.5 Å². The van der Waals surface area contributed by atoms with Gasteiger partial charge in [-0.3, -0.25) is 0 Å². The van der Waals surface area contributed by atoms with E-state index in [0.717, 1.165) is 17.4 Å². The SMILES string of the molecule is COCCOCCOc1ccc(C2(OC)OOC23C2CC4CC(C2)CC3C4)cc1O. The molecule has 5 aliphatic rings. The van der Waals surface area contributed by atoms with E-state index in [1.807, 2.05) is 6.07 Å². The predicted molar refractivity (Wildman–Crippen MR) is 107 cm³/mol. The fraction of sp³-hybridized carbons (Fsp3) is 0.739. The molecule has 0 radical (unpaired) electrons. The van der Waals surface area contributed by atoms with Crippen LogP contribution < -0.4 is 4.74 Å². The zero-order chi connectivity index (χ0) is 20.8. The summed E-state index contributed by atoms with van der Waals surface area (Å²) >= 11 is 0. The van der Waals surface area contributed by atoms with Crippen LogP contribution in [-0.2, 0) is 29.8 Å². The molecule has 166 valence electrons. The van der Waals surface area contributed by atoms with Crippen LogP contribution >= 0.6 is 0 Å². The molecule has 7 heteroatoms. The van der Waals surface area contributed by atoms with E-state index >= 15 is 0 Å². The van der Waals surface area contributed by atoms with Crippen molar-refractivity contribution < 1.29 is 33.8 Å². The van der Waals surface area contributed by atoms with Crippen LogP contribution in [0.2, 0.25) is 0 Å². The number of phenols is 1. The van der Waals surface area contributed by atoms with E-state index < -0.39 is 11.4 Å². The normalized spacial score (nSPS) is 38.7. The molecule has 4 bridgehead atoms. The van der Waals surface area contributed by atoms with Crippen molar-refractivity contribution in [2.24, 2.45) is 23.7 Å². The standard InChI is InChI=1S/C23H32O7/c1-25-5-6-27-7-8-28-21-4-3-17(14-20(21)24)23(26-2)22(29-30-23)18-10-15-9-16(12-18)13-19(22)11-15/h3-4,14-16,18-19,24H,5-13H2,1-2H3. The van der Waals surface area contributed by atoms with Gasteiger partial charge in [0.2, 0.25) is 0 Å². The van der Waals surface area contributed by atoms with Crippen molar-refractivity contribution in [1.82, 2.24) is 0 Å². The minimum Gasteiger partial charge on any atom is -0.504 e. The van der Waals surface area contributed by atoms with E-state index in [2.05, 4.69) is 0 Å². The second kappa shape index (κ2) is 7.95. The van der Waals surface area contributed by atoms with Crippen LogP contribution in [0.25, 0.3) is 0 Å². The summed E-state index contributed by atoms with van der Waals surface area (Å²) in [5.74, 6) is 2.00. The predicted octanol–water partition coefficient (Wildman–Crippen LogP) is 3.39. The molecule has 1 aliphatic heterocycles. The summed E-state index contributed by atoms with van der Waals surface area (Å²) < 4.78 is 22.1. The summed E-state index contributed by atoms with van der Waals surface area (Å²) in [5.41, 5.74) is 0.323. The van der Waals surface area contributed by atoms with Crippen molar-refractivity contribution in [3.8, 4) is 11.5 Å². The van der Waals surface area contributed by atoms with E-state index in [1.54, 1.807) is 26.4 Å². The summed E-state index contributed by atoms with van der Waals surface area (Å²) in [6, 6.07) is 5.38. The highest BCUT2D eigenvalue weighted by Crippen LogP contribution is 2.69. The van der Waals surface area contributed by atoms with Gasteiger partial charge < -0.3 is 24.1 Å². The third-order valence-corrected chi connectivity index (χ3v) is 7.71. The molecule has 6 rings (SSSR count). The lowest BCUT2D eigenvalue weighted by molar-refractivity contribution is -0.645. The van der Waals surface area contributed by atoms with Crippen molar-refractivity contribution in [2.75, 3.05) is 40.6 Å². The first-order valence-electron chi connectivity index (χ1n) is 11.1. The van der Waals surface area contributed by atoms with Gasteiger partial charge in [-0.2, -0.15) is 4.89 Å². The van der Waals surface area contributed by atoms with Gasteiger partial charge in [0.05, 0.1) is 19.8 Å². The molecule has 1 spiro atoms. The first-order chi connectivity index (χ1) is 14.6. The molecule has 0 aromatic heterocycles. The Kier molecular flexibility index (Phi) is 5.44. The number of hydrogen-bond acceptors (Lipinski definition) is 7. The molecule has 5 fully saturated rings. The van der Waals surface area contributed by atoms with Crippen molar-refractivity contribution >= 4 is 0 Å². The third-order valence-electron chi connectivity index (χ3n) is 7.71. The highest BCUT2D eigenvalue weighted by molar-refractivity contribution is 5.45. The van der Waals surface area contributed by atoms with Gasteiger partial charge in [0.15, 0.2) is 17.1 Å². The average Bonchev–Trinajstić information content (AvgIpc) is 2.71. The third kappa shape index (κ3) is 2.98. The van der Waals surface area contributed by atoms with E-state index in [0.29, 0.717) is 44.0 Å². The van der Waals surface area contributed by atoms with E-state index in [1.165, 1.54) is 32.1 Å². The van der Waals surface area contributed by atoms with Gasteiger partial charge in [-0.25, -0.2) is 4.89 Å². The summed E-state index contributed by atoms with van der Waals surface area (Å²) in [6.45, 7) is 1.85. The first-order valence-corrected chi connectivity index (χ1v) is 11.1. The zero-order valence-electron chi connectivity index (χ0n) is 17.8. The lowest BCUT2D eigenvalue weighted by atomic mass is 9.47. The number of benzene rings is 1. The summed E-state index contributed by atoms with van der Waals surface area (Å²) in [4.78, 5) is 11.7. The van der Waals surface area contributed by atoms with Crippen LogP contribution in [0.15, 0.2) is 18.2 Å². The van der Waals surface area contributed by atoms with E-state index in [-0.39, 0.29) is 5.75 Å². The highest BCUT2D eigenvalue weighted by Gasteiger charge is 2.76. The Morgan fingerprint density at radius 1 is 0.933 bits per heavy atom. The van der Waals surface area contributed by atoms with Crippen molar-refractivity contribution in [3.63, 3.8) is 0 Å². The first kappa shape index (κ1) is 20.5. The molecule has 7 nitrogen and oxygen atoms in total. The maximum atomic E-state index is 10.6. The maximum absolute atomic E-state index is 10.6. The molecular weight excluding hydrogens is 388 g/mol. The molecule has 1 heterocycles. The van der Waals surface area contributed by atoms with Gasteiger partial charge in [-0.1, -0.05) is 0 Å². The second-order valence-corrected chi connectivity index (χ2v) is 9.22. The van der Waals surface area contributed by atoms with Gasteiger partial charge in [0, 0.05) is 19.8 Å². The summed E-state index contributed by atoms with van der Waals surface area (Å²) in [6.07, 6.45) is 6.08. The van der Waals surface area contributed by atoms with E-state index in [4.69, 9.17) is 28.7 Å². The zero-order valence-corrected chi connectivity index (χ0v) is 17.8. The quantitative estimate of drug-likeness (QED) is 0.485. The fourth-order valence-electron chi connectivity index (χ4n) is 6.66. The van der Waals surface area contributed by atoms with Crippen molar-refractivity contribution in [2.45, 2.75) is 43.5 Å². The van der Waals surface area contributed by atoms with Crippen molar-refractivity contribution in [1.29, 1.82) is 0 Å². The van der Waals surface area contributed by atoms with Gasteiger partial charge in [0.25, 0.3) is 5.79 Å². The Hall–Kier alpha value is -1.38. The van der Waals surface area contributed by atoms with E-state index in [9.17, 15) is 5.11 Å². The number of rotatable bonds is 9. The van der Waals surface area contributed by atoms with Gasteiger partial charge in [-0.15, -0.1) is 0 Å². The smallest absolute Gasteiger partial charge is 0.260 e. The van der Waals surface area contributed by atoms with Crippen LogP contribution in [0, 0.1) is 23.7 Å². The lowest BCUT2D eigenvalue weighted by Gasteiger charge is -2.68. The summed E-state index contributed by atoms with van der Waals surface area (Å²) in [7, 11) is 3.31. The second-order valence-electron chi connectivity index (χ2n) is 9.22. The van der Waals surface area contributed by atoms with Gasteiger partial charge in [0.1, 0.15) is 6.61 Å². The van der Waals surface area contributed by atoms with Crippen LogP contribution in [0.4, 0.5) is 0 Å². The average molecular weight is 421 g/mol. The van der Waals surface area contributed by atoms with Crippen molar-refractivity contribution in [3.05, 3.63) is 23.8 Å². The molecule has 1 saturated heterocycles.